The van der Waals surface area contributed by atoms with Crippen LogP contribution in [0.25, 0.3) is 11.1 Å². The Morgan fingerprint density at radius 2 is 1.59 bits per heavy atom. The van der Waals surface area contributed by atoms with Gasteiger partial charge in [-0.15, -0.1) is 0 Å². The number of amides is 1. The zero-order valence-corrected chi connectivity index (χ0v) is 14.7. The molecule has 1 amide bonds. The zero-order chi connectivity index (χ0) is 19.2. The van der Waals surface area contributed by atoms with Gasteiger partial charge in [0.25, 0.3) is 11.6 Å². The predicted molar refractivity (Wildman–Crippen MR) is 104 cm³/mol. The SMILES string of the molecule is C[C@@H](Oc1ccc([N+](=O)[O-])cc1)C(=O)Nc1ccccc1-c1ccccc1. The van der Waals surface area contributed by atoms with Crippen LogP contribution in [-0.4, -0.2) is 16.9 Å². The molecule has 0 unspecified atom stereocenters. The summed E-state index contributed by atoms with van der Waals surface area (Å²) in [4.78, 5) is 22.7. The van der Waals surface area contributed by atoms with E-state index < -0.39 is 11.0 Å². The minimum atomic E-state index is -0.768. The Balaban J connectivity index is 1.71. The second-order valence-electron chi connectivity index (χ2n) is 5.91. The van der Waals surface area contributed by atoms with Crippen LogP contribution < -0.4 is 10.1 Å². The topological polar surface area (TPSA) is 81.5 Å². The van der Waals surface area contributed by atoms with Gasteiger partial charge in [0.05, 0.1) is 4.92 Å². The first-order valence-corrected chi connectivity index (χ1v) is 8.41. The maximum atomic E-state index is 12.5. The van der Waals surface area contributed by atoms with Crippen molar-refractivity contribution in [3.05, 3.63) is 89.0 Å². The Bertz CT molecular complexity index is 940. The number of carbonyl (C=O) groups excluding carboxylic acids is 1. The van der Waals surface area contributed by atoms with Gasteiger partial charge in [-0.05, 0) is 30.7 Å². The van der Waals surface area contributed by atoms with Gasteiger partial charge in [-0.2, -0.15) is 0 Å². The summed E-state index contributed by atoms with van der Waals surface area (Å²) in [6.45, 7) is 1.63. The van der Waals surface area contributed by atoms with Crippen molar-refractivity contribution in [1.82, 2.24) is 0 Å². The summed E-state index contributed by atoms with van der Waals surface area (Å²) in [5.41, 5.74) is 2.57. The van der Waals surface area contributed by atoms with Crippen molar-refractivity contribution >= 4 is 17.3 Å². The molecule has 1 atom stereocenters. The van der Waals surface area contributed by atoms with Gasteiger partial charge >= 0.3 is 0 Å². The molecule has 6 nitrogen and oxygen atoms in total. The van der Waals surface area contributed by atoms with E-state index in [1.807, 2.05) is 54.6 Å². The lowest BCUT2D eigenvalue weighted by molar-refractivity contribution is -0.384. The molecule has 27 heavy (non-hydrogen) atoms. The number of nitrogens with zero attached hydrogens (tertiary/aromatic N) is 1. The molecule has 0 bridgehead atoms. The van der Waals surface area contributed by atoms with Gasteiger partial charge in [0.1, 0.15) is 5.75 Å². The Morgan fingerprint density at radius 1 is 0.963 bits per heavy atom. The summed E-state index contributed by atoms with van der Waals surface area (Å²) >= 11 is 0. The smallest absolute Gasteiger partial charge is 0.269 e. The molecular weight excluding hydrogens is 344 g/mol. The van der Waals surface area contributed by atoms with E-state index >= 15 is 0 Å². The first-order chi connectivity index (χ1) is 13.0. The molecule has 0 spiro atoms. The van der Waals surface area contributed by atoms with Crippen molar-refractivity contribution in [2.45, 2.75) is 13.0 Å². The summed E-state index contributed by atoms with van der Waals surface area (Å²) in [6.07, 6.45) is -0.768. The van der Waals surface area contributed by atoms with E-state index in [1.165, 1.54) is 24.3 Å². The normalized spacial score (nSPS) is 11.4. The molecule has 6 heteroatoms. The number of ether oxygens (including phenoxy) is 1. The quantitative estimate of drug-likeness (QED) is 0.510. The lowest BCUT2D eigenvalue weighted by Gasteiger charge is -2.16. The third-order valence-electron chi connectivity index (χ3n) is 4.00. The fourth-order valence-electron chi connectivity index (χ4n) is 2.60. The van der Waals surface area contributed by atoms with Crippen LogP contribution in [0.1, 0.15) is 6.92 Å². The van der Waals surface area contributed by atoms with Gasteiger partial charge in [0.2, 0.25) is 0 Å². The van der Waals surface area contributed by atoms with Gasteiger partial charge in [-0.25, -0.2) is 0 Å². The van der Waals surface area contributed by atoms with E-state index in [1.54, 1.807) is 6.92 Å². The Kier molecular flexibility index (Phi) is 5.47. The monoisotopic (exact) mass is 362 g/mol. The van der Waals surface area contributed by atoms with Crippen LogP contribution in [-0.2, 0) is 4.79 Å². The summed E-state index contributed by atoms with van der Waals surface area (Å²) in [7, 11) is 0. The first-order valence-electron chi connectivity index (χ1n) is 8.41. The van der Waals surface area contributed by atoms with Crippen LogP contribution in [0.15, 0.2) is 78.9 Å². The molecule has 0 saturated carbocycles. The fraction of sp³-hybridized carbons (Fsp3) is 0.0952. The van der Waals surface area contributed by atoms with E-state index in [-0.39, 0.29) is 11.6 Å². The summed E-state index contributed by atoms with van der Waals surface area (Å²) < 4.78 is 5.59. The Labute approximate surface area is 156 Å². The molecule has 1 N–H and O–H groups in total. The Morgan fingerprint density at radius 3 is 2.26 bits per heavy atom. The van der Waals surface area contributed by atoms with E-state index in [4.69, 9.17) is 4.74 Å². The molecule has 0 heterocycles. The van der Waals surface area contributed by atoms with Crippen molar-refractivity contribution in [2.24, 2.45) is 0 Å². The largest absolute Gasteiger partial charge is 0.481 e. The van der Waals surface area contributed by atoms with Crippen LogP contribution in [0, 0.1) is 10.1 Å². The lowest BCUT2D eigenvalue weighted by atomic mass is 10.0. The van der Waals surface area contributed by atoms with Crippen LogP contribution in [0.3, 0.4) is 0 Å². The second-order valence-corrected chi connectivity index (χ2v) is 5.91. The number of para-hydroxylation sites is 1. The highest BCUT2D eigenvalue weighted by Gasteiger charge is 2.17. The summed E-state index contributed by atoms with van der Waals surface area (Å²) in [5, 5.41) is 13.6. The highest BCUT2D eigenvalue weighted by molar-refractivity contribution is 5.98. The van der Waals surface area contributed by atoms with E-state index in [9.17, 15) is 14.9 Å². The van der Waals surface area contributed by atoms with Crippen LogP contribution in [0.2, 0.25) is 0 Å². The molecule has 0 aliphatic heterocycles. The number of non-ortho nitro benzene ring substituents is 1. The summed E-state index contributed by atoms with van der Waals surface area (Å²) in [5.74, 6) is 0.0799. The van der Waals surface area contributed by atoms with Gasteiger partial charge < -0.3 is 10.1 Å². The molecule has 136 valence electrons. The van der Waals surface area contributed by atoms with Gasteiger partial charge in [0, 0.05) is 23.4 Å². The molecule has 0 saturated heterocycles. The number of hydrogen-bond donors (Lipinski definition) is 1. The third kappa shape index (κ3) is 4.49. The Hall–Kier alpha value is -3.67. The number of benzene rings is 3. The zero-order valence-electron chi connectivity index (χ0n) is 14.7. The molecule has 0 aliphatic carbocycles. The highest BCUT2D eigenvalue weighted by Crippen LogP contribution is 2.28. The number of nitro groups is 1. The molecule has 3 aromatic rings. The molecular formula is C21H18N2O4. The first kappa shape index (κ1) is 18.1. The van der Waals surface area contributed by atoms with Crippen molar-refractivity contribution in [3.63, 3.8) is 0 Å². The maximum Gasteiger partial charge on any atom is 0.269 e. The number of hydrogen-bond acceptors (Lipinski definition) is 4. The highest BCUT2D eigenvalue weighted by atomic mass is 16.6. The van der Waals surface area contributed by atoms with Gasteiger partial charge in [0.15, 0.2) is 6.10 Å². The van der Waals surface area contributed by atoms with E-state index in [0.717, 1.165) is 11.1 Å². The number of nitrogens with one attached hydrogen (secondary N) is 1. The molecule has 0 aliphatic rings. The van der Waals surface area contributed by atoms with Gasteiger partial charge in [-0.1, -0.05) is 48.5 Å². The molecule has 0 radical (unpaired) electrons. The number of carbonyl (C=O) groups is 1. The number of rotatable bonds is 6. The number of nitro benzene ring substituents is 1. The second kappa shape index (κ2) is 8.14. The van der Waals surface area contributed by atoms with Crippen LogP contribution in [0.4, 0.5) is 11.4 Å². The van der Waals surface area contributed by atoms with E-state index in [2.05, 4.69) is 5.32 Å². The average molecular weight is 362 g/mol. The van der Waals surface area contributed by atoms with Crippen molar-refractivity contribution in [3.8, 4) is 16.9 Å². The van der Waals surface area contributed by atoms with E-state index in [0.29, 0.717) is 11.4 Å². The van der Waals surface area contributed by atoms with Crippen molar-refractivity contribution < 1.29 is 14.5 Å². The fourth-order valence-corrected chi connectivity index (χ4v) is 2.60. The minimum Gasteiger partial charge on any atom is -0.481 e. The van der Waals surface area contributed by atoms with Crippen molar-refractivity contribution in [2.75, 3.05) is 5.32 Å². The van der Waals surface area contributed by atoms with Crippen molar-refractivity contribution in [1.29, 1.82) is 0 Å². The average Bonchev–Trinajstić information content (AvgIpc) is 2.69. The molecule has 0 aromatic heterocycles. The maximum absolute atomic E-state index is 12.5. The standard InChI is InChI=1S/C21H18N2O4/c1-15(27-18-13-11-17(12-14-18)23(25)26)21(24)22-20-10-6-5-9-19(20)16-7-3-2-4-8-16/h2-15H,1H3,(H,22,24)/t15-/m1/s1. The van der Waals surface area contributed by atoms with Crippen LogP contribution >= 0.6 is 0 Å². The third-order valence-corrected chi connectivity index (χ3v) is 4.00. The van der Waals surface area contributed by atoms with Crippen LogP contribution in [0.5, 0.6) is 5.75 Å². The molecule has 0 fully saturated rings. The number of anilines is 1. The predicted octanol–water partition coefficient (Wildman–Crippen LogP) is 4.67. The minimum absolute atomic E-state index is 0.0313. The van der Waals surface area contributed by atoms with Gasteiger partial charge in [-0.3, -0.25) is 14.9 Å². The molecule has 3 aromatic carbocycles. The lowest BCUT2D eigenvalue weighted by Crippen LogP contribution is -2.30. The summed E-state index contributed by atoms with van der Waals surface area (Å²) in [6, 6.07) is 22.9. The molecule has 3 rings (SSSR count).